The molecule has 1 aliphatic carbocycles. The molecule has 5 nitrogen and oxygen atoms in total. The maximum Gasteiger partial charge on any atom is 0.185 e. The molecule has 102 valence electrons. The molecule has 2 aromatic rings. The van der Waals surface area contributed by atoms with E-state index in [2.05, 4.69) is 17.0 Å². The number of thiazole rings is 1. The number of anilines is 1. The second-order valence-electron chi connectivity index (χ2n) is 5.18. The Labute approximate surface area is 117 Å². The van der Waals surface area contributed by atoms with Crippen LogP contribution in [-0.2, 0) is 20.0 Å². The summed E-state index contributed by atoms with van der Waals surface area (Å²) in [5, 5.41) is 5.25. The van der Waals surface area contributed by atoms with Crippen LogP contribution >= 0.6 is 11.3 Å². The van der Waals surface area contributed by atoms with E-state index in [1.807, 2.05) is 24.1 Å². The third-order valence-corrected chi connectivity index (χ3v) is 4.74. The number of hydrogen-bond acceptors (Lipinski definition) is 5. The number of aryl methyl sites for hydroxylation is 2. The quantitative estimate of drug-likeness (QED) is 0.930. The molecule has 0 saturated carbocycles. The second kappa shape index (κ2) is 4.94. The highest BCUT2D eigenvalue weighted by Gasteiger charge is 2.22. The minimum absolute atomic E-state index is 0.126. The van der Waals surface area contributed by atoms with Crippen molar-refractivity contribution < 1.29 is 0 Å². The Bertz CT molecular complexity index is 573. The maximum atomic E-state index is 6.13. The summed E-state index contributed by atoms with van der Waals surface area (Å²) in [4.78, 5) is 8.27. The first-order valence-corrected chi connectivity index (χ1v) is 7.39. The van der Waals surface area contributed by atoms with Gasteiger partial charge in [0.1, 0.15) is 0 Å². The number of hydrogen-bond donors (Lipinski definition) is 1. The SMILES string of the molecule is CN(Cc1cnn(C)c1)c1nc2c(s1)CCCC2N. The van der Waals surface area contributed by atoms with E-state index in [0.717, 1.165) is 30.2 Å². The molecule has 0 amide bonds. The normalized spacial score (nSPS) is 18.4. The minimum atomic E-state index is 0.126. The fourth-order valence-electron chi connectivity index (χ4n) is 2.50. The Balaban J connectivity index is 1.78. The van der Waals surface area contributed by atoms with Crippen molar-refractivity contribution in [2.75, 3.05) is 11.9 Å². The molecule has 3 rings (SSSR count). The average Bonchev–Trinajstić information content (AvgIpc) is 2.96. The second-order valence-corrected chi connectivity index (χ2v) is 6.24. The van der Waals surface area contributed by atoms with Crippen molar-refractivity contribution in [1.29, 1.82) is 0 Å². The third-order valence-electron chi connectivity index (χ3n) is 3.49. The van der Waals surface area contributed by atoms with E-state index >= 15 is 0 Å². The fraction of sp³-hybridized carbons (Fsp3) is 0.538. The van der Waals surface area contributed by atoms with E-state index in [1.165, 1.54) is 16.9 Å². The molecule has 0 spiro atoms. The number of fused-ring (bicyclic) bond motifs is 1. The summed E-state index contributed by atoms with van der Waals surface area (Å²) in [6.07, 6.45) is 7.30. The first-order chi connectivity index (χ1) is 9.13. The Kier molecular flexibility index (Phi) is 3.28. The Morgan fingerprint density at radius 2 is 2.42 bits per heavy atom. The van der Waals surface area contributed by atoms with E-state index in [4.69, 9.17) is 10.7 Å². The predicted octanol–water partition coefficient (Wildman–Crippen LogP) is 1.85. The zero-order chi connectivity index (χ0) is 13.4. The molecule has 1 atom stereocenters. The van der Waals surface area contributed by atoms with Gasteiger partial charge in [0.25, 0.3) is 0 Å². The zero-order valence-electron chi connectivity index (χ0n) is 11.3. The number of nitrogens with zero attached hydrogens (tertiary/aromatic N) is 4. The third kappa shape index (κ3) is 2.50. The van der Waals surface area contributed by atoms with Crippen LogP contribution in [0.25, 0.3) is 0 Å². The monoisotopic (exact) mass is 277 g/mol. The van der Waals surface area contributed by atoms with Gasteiger partial charge in [-0.15, -0.1) is 11.3 Å². The van der Waals surface area contributed by atoms with Crippen LogP contribution in [0.5, 0.6) is 0 Å². The molecule has 0 radical (unpaired) electrons. The molecule has 0 aliphatic heterocycles. The van der Waals surface area contributed by atoms with Gasteiger partial charge in [0.2, 0.25) is 0 Å². The molecule has 6 heteroatoms. The van der Waals surface area contributed by atoms with Crippen molar-refractivity contribution in [1.82, 2.24) is 14.8 Å². The molecule has 0 saturated heterocycles. The van der Waals surface area contributed by atoms with Crippen LogP contribution in [0.15, 0.2) is 12.4 Å². The molecule has 19 heavy (non-hydrogen) atoms. The van der Waals surface area contributed by atoms with Gasteiger partial charge in [-0.25, -0.2) is 4.98 Å². The maximum absolute atomic E-state index is 6.13. The van der Waals surface area contributed by atoms with Crippen LogP contribution in [-0.4, -0.2) is 21.8 Å². The largest absolute Gasteiger partial charge is 0.347 e. The lowest BCUT2D eigenvalue weighted by molar-refractivity contribution is 0.563. The highest BCUT2D eigenvalue weighted by molar-refractivity contribution is 7.15. The molecular weight excluding hydrogens is 258 g/mol. The van der Waals surface area contributed by atoms with Crippen LogP contribution < -0.4 is 10.6 Å². The van der Waals surface area contributed by atoms with Gasteiger partial charge in [0.05, 0.1) is 11.9 Å². The first-order valence-electron chi connectivity index (χ1n) is 6.57. The molecule has 0 bridgehead atoms. The van der Waals surface area contributed by atoms with Gasteiger partial charge in [-0.05, 0) is 19.3 Å². The fourth-order valence-corrected chi connectivity index (χ4v) is 3.63. The molecule has 0 aromatic carbocycles. The summed E-state index contributed by atoms with van der Waals surface area (Å²) >= 11 is 1.78. The number of aromatic nitrogens is 3. The van der Waals surface area contributed by atoms with Crippen LogP contribution in [0.3, 0.4) is 0 Å². The van der Waals surface area contributed by atoms with Crippen molar-refractivity contribution in [2.24, 2.45) is 12.8 Å². The van der Waals surface area contributed by atoms with Gasteiger partial charge in [-0.2, -0.15) is 5.10 Å². The van der Waals surface area contributed by atoms with E-state index < -0.39 is 0 Å². The van der Waals surface area contributed by atoms with E-state index in [1.54, 1.807) is 11.3 Å². The summed E-state index contributed by atoms with van der Waals surface area (Å²) in [6, 6.07) is 0.126. The lowest BCUT2D eigenvalue weighted by Gasteiger charge is -2.16. The van der Waals surface area contributed by atoms with Crippen molar-refractivity contribution >= 4 is 16.5 Å². The highest BCUT2D eigenvalue weighted by Crippen LogP contribution is 2.35. The summed E-state index contributed by atoms with van der Waals surface area (Å²) in [7, 11) is 4.01. The smallest absolute Gasteiger partial charge is 0.185 e. The Morgan fingerprint density at radius 3 is 3.11 bits per heavy atom. The van der Waals surface area contributed by atoms with Crippen LogP contribution in [0.4, 0.5) is 5.13 Å². The first kappa shape index (κ1) is 12.6. The predicted molar refractivity (Wildman–Crippen MR) is 77.3 cm³/mol. The summed E-state index contributed by atoms with van der Waals surface area (Å²) in [5.74, 6) is 0. The lowest BCUT2D eigenvalue weighted by Crippen LogP contribution is -2.18. The van der Waals surface area contributed by atoms with Crippen LogP contribution in [0.2, 0.25) is 0 Å². The lowest BCUT2D eigenvalue weighted by atomic mass is 9.99. The highest BCUT2D eigenvalue weighted by atomic mass is 32.1. The standard InChI is InChI=1S/C13H19N5S/c1-17(7-9-6-15-18(2)8-9)13-16-12-10(14)4-3-5-11(12)19-13/h6,8,10H,3-5,7,14H2,1-2H3. The van der Waals surface area contributed by atoms with Crippen LogP contribution in [0, 0.1) is 0 Å². The number of rotatable bonds is 3. The summed E-state index contributed by atoms with van der Waals surface area (Å²) in [5.41, 5.74) is 8.44. The van der Waals surface area contributed by atoms with E-state index in [9.17, 15) is 0 Å². The molecule has 1 unspecified atom stereocenters. The molecular formula is C13H19N5S. The van der Waals surface area contributed by atoms with Crippen molar-refractivity contribution in [3.8, 4) is 0 Å². The van der Waals surface area contributed by atoms with Gasteiger partial charge < -0.3 is 10.6 Å². The summed E-state index contributed by atoms with van der Waals surface area (Å²) < 4.78 is 1.83. The molecule has 2 aromatic heterocycles. The number of nitrogens with two attached hydrogens (primary N) is 1. The minimum Gasteiger partial charge on any atom is -0.347 e. The van der Waals surface area contributed by atoms with Gasteiger partial charge in [-0.1, -0.05) is 0 Å². The average molecular weight is 277 g/mol. The molecule has 2 N–H and O–H groups in total. The topological polar surface area (TPSA) is 60.0 Å². The van der Waals surface area contributed by atoms with Crippen LogP contribution in [0.1, 0.15) is 35.0 Å². The van der Waals surface area contributed by atoms with Crippen molar-refractivity contribution in [2.45, 2.75) is 31.8 Å². The Morgan fingerprint density at radius 1 is 1.58 bits per heavy atom. The van der Waals surface area contributed by atoms with Gasteiger partial charge in [-0.3, -0.25) is 4.68 Å². The van der Waals surface area contributed by atoms with Crippen molar-refractivity contribution in [3.63, 3.8) is 0 Å². The van der Waals surface area contributed by atoms with Gasteiger partial charge >= 0.3 is 0 Å². The molecule has 2 heterocycles. The molecule has 1 aliphatic rings. The summed E-state index contributed by atoms with van der Waals surface area (Å²) in [6.45, 7) is 0.829. The van der Waals surface area contributed by atoms with Gasteiger partial charge in [0.15, 0.2) is 5.13 Å². The van der Waals surface area contributed by atoms with E-state index in [0.29, 0.717) is 0 Å². The Hall–Kier alpha value is -1.40. The zero-order valence-corrected chi connectivity index (χ0v) is 12.2. The van der Waals surface area contributed by atoms with Crippen molar-refractivity contribution in [3.05, 3.63) is 28.5 Å². The van der Waals surface area contributed by atoms with Gasteiger partial charge in [0, 0.05) is 43.3 Å². The van der Waals surface area contributed by atoms with E-state index in [-0.39, 0.29) is 6.04 Å². The molecule has 0 fully saturated rings.